The zero-order chi connectivity index (χ0) is 15.0. The third kappa shape index (κ3) is 2.90. The summed E-state index contributed by atoms with van der Waals surface area (Å²) in [6.07, 6.45) is 0. The van der Waals surface area contributed by atoms with Gasteiger partial charge in [-0.3, -0.25) is 4.79 Å². The number of amides is 1. The molecule has 3 N–H and O–H groups in total. The average Bonchev–Trinajstić information content (AvgIpc) is 3.00. The molecule has 0 bridgehead atoms. The summed E-state index contributed by atoms with van der Waals surface area (Å²) in [5.74, 6) is -0.143. The Balaban J connectivity index is 1.82. The molecule has 6 heteroatoms. The molecule has 0 aliphatic carbocycles. The Morgan fingerprint density at radius 3 is 2.81 bits per heavy atom. The van der Waals surface area contributed by atoms with Gasteiger partial charge in [-0.25, -0.2) is 0 Å². The molecule has 0 unspecified atom stereocenters. The molecule has 1 amide bonds. The zero-order valence-electron chi connectivity index (χ0n) is 11.3. The first-order valence-electron chi connectivity index (χ1n) is 6.35. The van der Waals surface area contributed by atoms with E-state index in [1.165, 1.54) is 22.7 Å². The Morgan fingerprint density at radius 1 is 1.29 bits per heavy atom. The first-order chi connectivity index (χ1) is 10.0. The minimum Gasteiger partial charge on any atom is -0.397 e. The molecule has 21 heavy (non-hydrogen) atoms. The number of nitrogens with two attached hydrogens (primary N) is 1. The van der Waals surface area contributed by atoms with Crippen molar-refractivity contribution in [2.45, 2.75) is 13.5 Å². The number of thiophene rings is 2. The molecule has 0 saturated heterocycles. The lowest BCUT2D eigenvalue weighted by atomic mass is 10.1. The number of carbonyl (C=O) groups is 1. The van der Waals surface area contributed by atoms with E-state index in [-0.39, 0.29) is 5.91 Å². The maximum Gasteiger partial charge on any atom is 0.263 e. The summed E-state index contributed by atoms with van der Waals surface area (Å²) in [6, 6.07) is 9.74. The molecular weight excluding hydrogens is 324 g/mol. The lowest BCUT2D eigenvalue weighted by molar-refractivity contribution is 0.0956. The predicted octanol–water partition coefficient (Wildman–Crippen LogP) is 4.44. The van der Waals surface area contributed by atoms with Crippen LogP contribution in [0, 0.1) is 6.92 Å². The van der Waals surface area contributed by atoms with Crippen LogP contribution in [0.5, 0.6) is 0 Å². The molecule has 0 atom stereocenters. The number of hydrogen-bond donors (Lipinski definition) is 2. The summed E-state index contributed by atoms with van der Waals surface area (Å²) < 4.78 is 1.76. The maximum atomic E-state index is 12.3. The van der Waals surface area contributed by atoms with Crippen LogP contribution in [0.4, 0.5) is 5.69 Å². The van der Waals surface area contributed by atoms with Crippen molar-refractivity contribution in [1.82, 2.24) is 5.32 Å². The second-order valence-electron chi connectivity index (χ2n) is 4.73. The standard InChI is InChI=1S/C15H13ClN2OS2/c1-8-2-4-10-11(6-8)21-14(13(10)17)15(19)18-7-9-3-5-12(16)20-9/h2-6H,7,17H2,1H3,(H,18,19). The summed E-state index contributed by atoms with van der Waals surface area (Å²) in [4.78, 5) is 13.9. The van der Waals surface area contributed by atoms with Crippen LogP contribution >= 0.6 is 34.3 Å². The van der Waals surface area contributed by atoms with E-state index in [1.807, 2.05) is 37.3 Å². The fourth-order valence-electron chi connectivity index (χ4n) is 2.09. The van der Waals surface area contributed by atoms with Gasteiger partial charge in [0, 0.05) is 15.0 Å². The summed E-state index contributed by atoms with van der Waals surface area (Å²) >= 11 is 8.76. The van der Waals surface area contributed by atoms with Gasteiger partial charge in [-0.05, 0) is 30.7 Å². The molecule has 3 aromatic rings. The molecule has 2 heterocycles. The second-order valence-corrected chi connectivity index (χ2v) is 7.58. The van der Waals surface area contributed by atoms with Gasteiger partial charge in [-0.2, -0.15) is 0 Å². The third-order valence-corrected chi connectivity index (χ3v) is 5.54. The highest BCUT2D eigenvalue weighted by Crippen LogP contribution is 2.34. The van der Waals surface area contributed by atoms with Crippen molar-refractivity contribution in [3.8, 4) is 0 Å². The van der Waals surface area contributed by atoms with Crippen molar-refractivity contribution in [2.24, 2.45) is 0 Å². The quantitative estimate of drug-likeness (QED) is 0.743. The highest BCUT2D eigenvalue weighted by molar-refractivity contribution is 7.21. The van der Waals surface area contributed by atoms with Crippen LogP contribution in [0.2, 0.25) is 4.34 Å². The van der Waals surface area contributed by atoms with Gasteiger partial charge in [0.15, 0.2) is 0 Å². The number of hydrogen-bond acceptors (Lipinski definition) is 4. The van der Waals surface area contributed by atoms with Crippen molar-refractivity contribution in [3.05, 3.63) is 50.0 Å². The third-order valence-electron chi connectivity index (χ3n) is 3.14. The Bertz CT molecular complexity index is 822. The molecule has 0 radical (unpaired) electrons. The average molecular weight is 337 g/mol. The van der Waals surface area contributed by atoms with Crippen LogP contribution in [0.3, 0.4) is 0 Å². The fourth-order valence-corrected chi connectivity index (χ4v) is 4.25. The number of anilines is 1. The number of nitrogens with one attached hydrogen (secondary N) is 1. The van der Waals surface area contributed by atoms with Crippen molar-refractivity contribution in [3.63, 3.8) is 0 Å². The molecule has 3 rings (SSSR count). The van der Waals surface area contributed by atoms with Crippen molar-refractivity contribution >= 4 is 56.0 Å². The number of nitrogen functional groups attached to an aromatic ring is 1. The van der Waals surface area contributed by atoms with Crippen LogP contribution in [0.25, 0.3) is 10.1 Å². The smallest absolute Gasteiger partial charge is 0.263 e. The van der Waals surface area contributed by atoms with E-state index < -0.39 is 0 Å². The van der Waals surface area contributed by atoms with Gasteiger partial charge in [-0.1, -0.05) is 23.7 Å². The van der Waals surface area contributed by atoms with E-state index in [1.54, 1.807) is 0 Å². The molecule has 0 fully saturated rings. The molecule has 0 spiro atoms. The van der Waals surface area contributed by atoms with Crippen LogP contribution in [-0.4, -0.2) is 5.91 Å². The first-order valence-corrected chi connectivity index (χ1v) is 8.37. The lowest BCUT2D eigenvalue weighted by Crippen LogP contribution is -2.22. The van der Waals surface area contributed by atoms with E-state index >= 15 is 0 Å². The maximum absolute atomic E-state index is 12.3. The van der Waals surface area contributed by atoms with Gasteiger partial charge in [0.25, 0.3) is 5.91 Å². The SMILES string of the molecule is Cc1ccc2c(N)c(C(=O)NCc3ccc(Cl)s3)sc2c1. The summed E-state index contributed by atoms with van der Waals surface area (Å²) in [5.41, 5.74) is 7.80. The van der Waals surface area contributed by atoms with E-state index in [0.29, 0.717) is 17.1 Å². The predicted molar refractivity (Wildman–Crippen MR) is 91.5 cm³/mol. The topological polar surface area (TPSA) is 55.1 Å². The highest BCUT2D eigenvalue weighted by Gasteiger charge is 2.16. The Kier molecular flexibility index (Phi) is 3.89. The lowest BCUT2D eigenvalue weighted by Gasteiger charge is -2.02. The number of fused-ring (bicyclic) bond motifs is 1. The van der Waals surface area contributed by atoms with E-state index in [2.05, 4.69) is 5.32 Å². The second kappa shape index (κ2) is 5.67. The monoisotopic (exact) mass is 336 g/mol. The summed E-state index contributed by atoms with van der Waals surface area (Å²) in [6.45, 7) is 2.48. The first kappa shape index (κ1) is 14.4. The molecule has 108 valence electrons. The van der Waals surface area contributed by atoms with Gasteiger partial charge in [0.2, 0.25) is 0 Å². The normalized spacial score (nSPS) is 11.0. The zero-order valence-corrected chi connectivity index (χ0v) is 13.7. The number of carbonyl (C=O) groups excluding carboxylic acids is 1. The van der Waals surface area contributed by atoms with E-state index in [9.17, 15) is 4.79 Å². The molecular formula is C15H13ClN2OS2. The molecule has 0 aliphatic heterocycles. The van der Waals surface area contributed by atoms with Crippen molar-refractivity contribution < 1.29 is 4.79 Å². The van der Waals surface area contributed by atoms with Gasteiger partial charge in [0.1, 0.15) is 4.88 Å². The fraction of sp³-hybridized carbons (Fsp3) is 0.133. The van der Waals surface area contributed by atoms with E-state index in [4.69, 9.17) is 17.3 Å². The molecule has 1 aromatic carbocycles. The number of rotatable bonds is 3. The van der Waals surface area contributed by atoms with Gasteiger partial charge in [-0.15, -0.1) is 22.7 Å². The van der Waals surface area contributed by atoms with Gasteiger partial charge < -0.3 is 11.1 Å². The number of halogens is 1. The molecule has 0 aliphatic rings. The Morgan fingerprint density at radius 2 is 2.10 bits per heavy atom. The summed E-state index contributed by atoms with van der Waals surface area (Å²) in [5, 5.41) is 3.83. The molecule has 2 aromatic heterocycles. The number of benzene rings is 1. The Hall–Kier alpha value is -1.56. The number of aryl methyl sites for hydroxylation is 1. The van der Waals surface area contributed by atoms with Crippen molar-refractivity contribution in [1.29, 1.82) is 0 Å². The van der Waals surface area contributed by atoms with Crippen LogP contribution in [0.1, 0.15) is 20.1 Å². The van der Waals surface area contributed by atoms with Crippen molar-refractivity contribution in [2.75, 3.05) is 5.73 Å². The largest absolute Gasteiger partial charge is 0.397 e. The minimum absolute atomic E-state index is 0.143. The minimum atomic E-state index is -0.143. The van der Waals surface area contributed by atoms with Crippen LogP contribution in [-0.2, 0) is 6.54 Å². The van der Waals surface area contributed by atoms with Gasteiger partial charge in [0.05, 0.1) is 16.6 Å². The Labute approximate surface area is 135 Å². The van der Waals surface area contributed by atoms with Crippen LogP contribution in [0.15, 0.2) is 30.3 Å². The van der Waals surface area contributed by atoms with E-state index in [0.717, 1.165) is 24.9 Å². The highest BCUT2D eigenvalue weighted by atomic mass is 35.5. The summed E-state index contributed by atoms with van der Waals surface area (Å²) in [7, 11) is 0. The molecule has 3 nitrogen and oxygen atoms in total. The van der Waals surface area contributed by atoms with Gasteiger partial charge >= 0.3 is 0 Å². The van der Waals surface area contributed by atoms with Crippen LogP contribution < -0.4 is 11.1 Å². The molecule has 0 saturated carbocycles.